The van der Waals surface area contributed by atoms with Gasteiger partial charge in [0, 0.05) is 12.6 Å². The summed E-state index contributed by atoms with van der Waals surface area (Å²) in [5.41, 5.74) is 1.00. The van der Waals surface area contributed by atoms with Crippen LogP contribution in [-0.2, 0) is 11.3 Å². The van der Waals surface area contributed by atoms with Crippen molar-refractivity contribution in [1.29, 1.82) is 0 Å². The van der Waals surface area contributed by atoms with Crippen molar-refractivity contribution in [2.45, 2.75) is 32.4 Å². The molecule has 2 N–H and O–H groups in total. The van der Waals surface area contributed by atoms with E-state index in [1.807, 2.05) is 30.3 Å². The SMILES string of the molecule is CC1CCC(CNC(=O)OCc2ccccc2)NC1.Cl. The maximum absolute atomic E-state index is 11.6. The average molecular weight is 299 g/mol. The lowest BCUT2D eigenvalue weighted by Gasteiger charge is -2.27. The summed E-state index contributed by atoms with van der Waals surface area (Å²) in [7, 11) is 0. The number of carbonyl (C=O) groups is 1. The molecular formula is C15H23ClN2O2. The second kappa shape index (κ2) is 8.82. The van der Waals surface area contributed by atoms with E-state index in [4.69, 9.17) is 4.74 Å². The minimum Gasteiger partial charge on any atom is -0.445 e. The zero-order valence-corrected chi connectivity index (χ0v) is 12.6. The third-order valence-corrected chi connectivity index (χ3v) is 3.47. The molecule has 0 spiro atoms. The zero-order chi connectivity index (χ0) is 13.5. The predicted octanol–water partition coefficient (Wildman–Crippen LogP) is 2.72. The van der Waals surface area contributed by atoms with Crippen LogP contribution in [0.1, 0.15) is 25.3 Å². The molecule has 112 valence electrons. The smallest absolute Gasteiger partial charge is 0.407 e. The van der Waals surface area contributed by atoms with Crippen molar-refractivity contribution in [2.24, 2.45) is 5.92 Å². The van der Waals surface area contributed by atoms with Gasteiger partial charge in [0.15, 0.2) is 0 Å². The summed E-state index contributed by atoms with van der Waals surface area (Å²) in [4.78, 5) is 11.6. The highest BCUT2D eigenvalue weighted by Crippen LogP contribution is 2.12. The van der Waals surface area contributed by atoms with Crippen molar-refractivity contribution >= 4 is 18.5 Å². The number of hydrogen-bond acceptors (Lipinski definition) is 3. The lowest BCUT2D eigenvalue weighted by molar-refractivity contribution is 0.137. The van der Waals surface area contributed by atoms with Gasteiger partial charge in [-0.1, -0.05) is 37.3 Å². The molecule has 0 radical (unpaired) electrons. The molecule has 2 atom stereocenters. The lowest BCUT2D eigenvalue weighted by atomic mass is 9.96. The van der Waals surface area contributed by atoms with E-state index in [0.717, 1.165) is 24.4 Å². The topological polar surface area (TPSA) is 50.4 Å². The maximum Gasteiger partial charge on any atom is 0.407 e. The number of alkyl carbamates (subject to hydrolysis) is 1. The van der Waals surface area contributed by atoms with Gasteiger partial charge in [0.1, 0.15) is 6.61 Å². The molecule has 1 aliphatic heterocycles. The number of nitrogens with one attached hydrogen (secondary N) is 2. The molecule has 1 heterocycles. The number of piperidine rings is 1. The van der Waals surface area contributed by atoms with Gasteiger partial charge in [-0.05, 0) is 30.9 Å². The molecule has 0 bridgehead atoms. The fourth-order valence-electron chi connectivity index (χ4n) is 2.21. The zero-order valence-electron chi connectivity index (χ0n) is 11.8. The first-order valence-corrected chi connectivity index (χ1v) is 6.92. The minimum atomic E-state index is -0.343. The highest BCUT2D eigenvalue weighted by molar-refractivity contribution is 5.85. The van der Waals surface area contributed by atoms with E-state index in [2.05, 4.69) is 17.6 Å². The Hall–Kier alpha value is -1.26. The molecule has 0 aliphatic carbocycles. The number of ether oxygens (including phenoxy) is 1. The number of hydrogen-bond donors (Lipinski definition) is 2. The summed E-state index contributed by atoms with van der Waals surface area (Å²) in [6.07, 6.45) is 1.99. The summed E-state index contributed by atoms with van der Waals surface area (Å²) in [6.45, 7) is 4.23. The van der Waals surface area contributed by atoms with Crippen molar-refractivity contribution in [3.8, 4) is 0 Å². The molecule has 1 fully saturated rings. The van der Waals surface area contributed by atoms with Crippen LogP contribution in [0.2, 0.25) is 0 Å². The second-order valence-electron chi connectivity index (χ2n) is 5.23. The third kappa shape index (κ3) is 5.80. The molecule has 20 heavy (non-hydrogen) atoms. The highest BCUT2D eigenvalue weighted by atomic mass is 35.5. The van der Waals surface area contributed by atoms with Gasteiger partial charge in [0.25, 0.3) is 0 Å². The molecule has 1 aromatic carbocycles. The van der Waals surface area contributed by atoms with Gasteiger partial charge >= 0.3 is 6.09 Å². The molecule has 4 nitrogen and oxygen atoms in total. The van der Waals surface area contributed by atoms with E-state index < -0.39 is 0 Å². The van der Waals surface area contributed by atoms with Gasteiger partial charge in [0.05, 0.1) is 0 Å². The number of benzene rings is 1. The van der Waals surface area contributed by atoms with Crippen LogP contribution in [0.15, 0.2) is 30.3 Å². The van der Waals surface area contributed by atoms with Crippen molar-refractivity contribution < 1.29 is 9.53 Å². The van der Waals surface area contributed by atoms with E-state index >= 15 is 0 Å². The Morgan fingerprint density at radius 1 is 1.35 bits per heavy atom. The molecule has 5 heteroatoms. The lowest BCUT2D eigenvalue weighted by Crippen LogP contribution is -2.45. The van der Waals surface area contributed by atoms with Crippen molar-refractivity contribution in [2.75, 3.05) is 13.1 Å². The normalized spacial score (nSPS) is 21.6. The van der Waals surface area contributed by atoms with Crippen LogP contribution in [0.3, 0.4) is 0 Å². The summed E-state index contributed by atoms with van der Waals surface area (Å²) in [6, 6.07) is 10.1. The summed E-state index contributed by atoms with van der Waals surface area (Å²) in [5.74, 6) is 0.737. The highest BCUT2D eigenvalue weighted by Gasteiger charge is 2.17. The van der Waals surface area contributed by atoms with Crippen LogP contribution in [0.4, 0.5) is 4.79 Å². The summed E-state index contributed by atoms with van der Waals surface area (Å²) < 4.78 is 5.16. The van der Waals surface area contributed by atoms with Crippen molar-refractivity contribution in [3.63, 3.8) is 0 Å². The van der Waals surface area contributed by atoms with Crippen LogP contribution in [0.5, 0.6) is 0 Å². The van der Waals surface area contributed by atoms with Crippen LogP contribution in [0, 0.1) is 5.92 Å². The molecule has 1 saturated heterocycles. The second-order valence-corrected chi connectivity index (χ2v) is 5.23. The molecule has 1 aromatic rings. The Labute approximate surface area is 126 Å². The molecule has 0 saturated carbocycles. The van der Waals surface area contributed by atoms with Gasteiger partial charge in [0.2, 0.25) is 0 Å². The van der Waals surface area contributed by atoms with Gasteiger partial charge < -0.3 is 15.4 Å². The van der Waals surface area contributed by atoms with Gasteiger partial charge in [-0.25, -0.2) is 4.79 Å². The van der Waals surface area contributed by atoms with E-state index in [0.29, 0.717) is 19.2 Å². The largest absolute Gasteiger partial charge is 0.445 e. The fourth-order valence-corrected chi connectivity index (χ4v) is 2.21. The number of amides is 1. The van der Waals surface area contributed by atoms with E-state index in [-0.39, 0.29) is 18.5 Å². The maximum atomic E-state index is 11.6. The quantitative estimate of drug-likeness (QED) is 0.898. The van der Waals surface area contributed by atoms with Crippen LogP contribution < -0.4 is 10.6 Å². The molecule has 2 rings (SSSR count). The standard InChI is InChI=1S/C15H22N2O2.ClH/c1-12-7-8-14(16-9-12)10-17-15(18)19-11-13-5-3-2-4-6-13;/h2-6,12,14,16H,7-11H2,1H3,(H,17,18);1H. The van der Waals surface area contributed by atoms with E-state index in [1.54, 1.807) is 0 Å². The molecule has 2 unspecified atom stereocenters. The van der Waals surface area contributed by atoms with Crippen molar-refractivity contribution in [1.82, 2.24) is 10.6 Å². The number of carbonyl (C=O) groups excluding carboxylic acids is 1. The molecular weight excluding hydrogens is 276 g/mol. The summed E-state index contributed by atoms with van der Waals surface area (Å²) >= 11 is 0. The molecule has 1 aliphatic rings. The van der Waals surface area contributed by atoms with Crippen LogP contribution >= 0.6 is 12.4 Å². The minimum absolute atomic E-state index is 0. The first-order valence-electron chi connectivity index (χ1n) is 6.92. The Morgan fingerprint density at radius 2 is 2.10 bits per heavy atom. The average Bonchev–Trinajstić information content (AvgIpc) is 2.45. The Kier molecular flexibility index (Phi) is 7.41. The Morgan fingerprint density at radius 3 is 2.75 bits per heavy atom. The van der Waals surface area contributed by atoms with E-state index in [1.165, 1.54) is 6.42 Å². The Bertz CT molecular complexity index is 392. The van der Waals surface area contributed by atoms with Crippen LogP contribution in [0.25, 0.3) is 0 Å². The summed E-state index contributed by atoms with van der Waals surface area (Å²) in [5, 5.41) is 6.24. The predicted molar refractivity (Wildman–Crippen MR) is 82.1 cm³/mol. The first-order chi connectivity index (χ1) is 9.24. The van der Waals surface area contributed by atoms with Gasteiger partial charge in [-0.3, -0.25) is 0 Å². The molecule has 1 amide bonds. The molecule has 0 aromatic heterocycles. The number of rotatable bonds is 4. The van der Waals surface area contributed by atoms with Crippen molar-refractivity contribution in [3.05, 3.63) is 35.9 Å². The van der Waals surface area contributed by atoms with Gasteiger partial charge in [-0.15, -0.1) is 12.4 Å². The fraction of sp³-hybridized carbons (Fsp3) is 0.533. The van der Waals surface area contributed by atoms with Crippen LogP contribution in [-0.4, -0.2) is 25.2 Å². The number of halogens is 1. The Balaban J connectivity index is 0.00000200. The van der Waals surface area contributed by atoms with Gasteiger partial charge in [-0.2, -0.15) is 0 Å². The first kappa shape index (κ1) is 16.8. The van der Waals surface area contributed by atoms with E-state index in [9.17, 15) is 4.79 Å². The monoisotopic (exact) mass is 298 g/mol. The third-order valence-electron chi connectivity index (χ3n) is 3.47.